The normalized spacial score (nSPS) is 11.2. The van der Waals surface area contributed by atoms with Gasteiger partial charge in [0.2, 0.25) is 0 Å². The van der Waals surface area contributed by atoms with Crippen LogP contribution in [0.4, 0.5) is 11.7 Å². The summed E-state index contributed by atoms with van der Waals surface area (Å²) in [7, 11) is 1.90. The van der Waals surface area contributed by atoms with E-state index in [0.717, 1.165) is 17.1 Å². The van der Waals surface area contributed by atoms with Crippen LogP contribution in [0.1, 0.15) is 37.0 Å². The number of hydrogen-bond donors (Lipinski definition) is 1. The standard InChI is InChI=1S/C11H17N5O/c1-6(2)10-13-11(17-15-10)12-9-7(3)14-16(5)8(9)4/h6H,1-5H3,(H,12,13,15). The molecule has 0 aromatic carbocycles. The minimum absolute atomic E-state index is 0.255. The SMILES string of the molecule is Cc1nn(C)c(C)c1Nc1nc(C(C)C)no1. The monoisotopic (exact) mass is 235 g/mol. The molecule has 0 fully saturated rings. The van der Waals surface area contributed by atoms with Gasteiger partial charge in [-0.1, -0.05) is 19.0 Å². The summed E-state index contributed by atoms with van der Waals surface area (Å²) in [6.45, 7) is 7.97. The lowest BCUT2D eigenvalue weighted by molar-refractivity contribution is 0.422. The summed E-state index contributed by atoms with van der Waals surface area (Å²) in [4.78, 5) is 4.27. The molecule has 1 N–H and O–H groups in total. The summed E-state index contributed by atoms with van der Waals surface area (Å²) >= 11 is 0. The molecule has 0 spiro atoms. The molecule has 0 radical (unpaired) electrons. The Labute approximate surface area is 100 Å². The molecule has 0 aliphatic carbocycles. The van der Waals surface area contributed by atoms with Gasteiger partial charge in [0, 0.05) is 13.0 Å². The van der Waals surface area contributed by atoms with Crippen LogP contribution in [-0.4, -0.2) is 19.9 Å². The molecule has 0 amide bonds. The molecular formula is C11H17N5O. The van der Waals surface area contributed by atoms with E-state index in [2.05, 4.69) is 20.6 Å². The highest BCUT2D eigenvalue weighted by Gasteiger charge is 2.14. The number of aromatic nitrogens is 4. The van der Waals surface area contributed by atoms with Gasteiger partial charge in [-0.2, -0.15) is 10.1 Å². The Morgan fingerprint density at radius 3 is 2.47 bits per heavy atom. The van der Waals surface area contributed by atoms with Gasteiger partial charge in [-0.25, -0.2) is 0 Å². The molecule has 6 heteroatoms. The van der Waals surface area contributed by atoms with Gasteiger partial charge in [0.25, 0.3) is 0 Å². The van der Waals surface area contributed by atoms with E-state index in [0.29, 0.717) is 11.8 Å². The van der Waals surface area contributed by atoms with Gasteiger partial charge < -0.3 is 9.84 Å². The molecule has 2 aromatic heterocycles. The fraction of sp³-hybridized carbons (Fsp3) is 0.545. The quantitative estimate of drug-likeness (QED) is 0.883. The third-order valence-corrected chi connectivity index (χ3v) is 2.70. The van der Waals surface area contributed by atoms with E-state index >= 15 is 0 Å². The van der Waals surface area contributed by atoms with Gasteiger partial charge in [-0.05, 0) is 13.8 Å². The second-order valence-electron chi connectivity index (χ2n) is 4.41. The van der Waals surface area contributed by atoms with E-state index in [1.807, 2.05) is 39.4 Å². The second-order valence-corrected chi connectivity index (χ2v) is 4.41. The fourth-order valence-electron chi connectivity index (χ4n) is 1.58. The summed E-state index contributed by atoms with van der Waals surface area (Å²) in [6, 6.07) is 0.410. The number of nitrogens with one attached hydrogen (secondary N) is 1. The minimum Gasteiger partial charge on any atom is -0.315 e. The molecule has 0 saturated heterocycles. The van der Waals surface area contributed by atoms with Crippen molar-refractivity contribution in [2.75, 3.05) is 5.32 Å². The molecule has 0 saturated carbocycles. The second kappa shape index (κ2) is 4.20. The van der Waals surface area contributed by atoms with Crippen LogP contribution < -0.4 is 5.32 Å². The lowest BCUT2D eigenvalue weighted by Gasteiger charge is -2.00. The highest BCUT2D eigenvalue weighted by molar-refractivity contribution is 5.58. The molecule has 6 nitrogen and oxygen atoms in total. The van der Waals surface area contributed by atoms with Gasteiger partial charge in [0.15, 0.2) is 5.82 Å². The van der Waals surface area contributed by atoms with Gasteiger partial charge in [-0.15, -0.1) is 0 Å². The van der Waals surface area contributed by atoms with E-state index in [1.54, 1.807) is 0 Å². The zero-order chi connectivity index (χ0) is 12.6. The molecule has 0 aliphatic heterocycles. The highest BCUT2D eigenvalue weighted by atomic mass is 16.5. The van der Waals surface area contributed by atoms with Crippen LogP contribution in [-0.2, 0) is 7.05 Å². The largest absolute Gasteiger partial charge is 0.326 e. The van der Waals surface area contributed by atoms with Crippen LogP contribution >= 0.6 is 0 Å². The molecule has 92 valence electrons. The van der Waals surface area contributed by atoms with Gasteiger partial charge in [0.05, 0.1) is 17.1 Å². The lowest BCUT2D eigenvalue weighted by Crippen LogP contribution is -1.96. The van der Waals surface area contributed by atoms with Crippen molar-refractivity contribution in [3.63, 3.8) is 0 Å². The molecular weight excluding hydrogens is 218 g/mol. The number of nitrogens with zero attached hydrogens (tertiary/aromatic N) is 4. The van der Waals surface area contributed by atoms with Crippen molar-refractivity contribution in [2.45, 2.75) is 33.6 Å². The minimum atomic E-state index is 0.255. The highest BCUT2D eigenvalue weighted by Crippen LogP contribution is 2.23. The number of hydrogen-bond acceptors (Lipinski definition) is 5. The first-order valence-electron chi connectivity index (χ1n) is 5.60. The Morgan fingerprint density at radius 2 is 2.00 bits per heavy atom. The lowest BCUT2D eigenvalue weighted by atomic mass is 10.2. The molecule has 0 unspecified atom stereocenters. The van der Waals surface area contributed by atoms with Crippen molar-refractivity contribution in [1.82, 2.24) is 19.9 Å². The van der Waals surface area contributed by atoms with Crippen molar-refractivity contribution in [2.24, 2.45) is 7.05 Å². The van der Waals surface area contributed by atoms with Gasteiger partial charge >= 0.3 is 6.01 Å². The summed E-state index contributed by atoms with van der Waals surface area (Å²) < 4.78 is 6.96. The molecule has 0 atom stereocenters. The Hall–Kier alpha value is -1.85. The Bertz CT molecular complexity index is 526. The van der Waals surface area contributed by atoms with E-state index < -0.39 is 0 Å². The van der Waals surface area contributed by atoms with Crippen LogP contribution in [0.15, 0.2) is 4.52 Å². The average molecular weight is 235 g/mol. The molecule has 17 heavy (non-hydrogen) atoms. The maximum atomic E-state index is 5.14. The van der Waals surface area contributed by atoms with Crippen LogP contribution in [0.25, 0.3) is 0 Å². The zero-order valence-corrected chi connectivity index (χ0v) is 10.8. The Kier molecular flexibility index (Phi) is 2.87. The maximum Gasteiger partial charge on any atom is 0.326 e. The van der Waals surface area contributed by atoms with Crippen LogP contribution in [0.3, 0.4) is 0 Å². The van der Waals surface area contributed by atoms with E-state index in [-0.39, 0.29) is 5.92 Å². The smallest absolute Gasteiger partial charge is 0.315 e. The van der Waals surface area contributed by atoms with Crippen molar-refractivity contribution in [3.05, 3.63) is 17.2 Å². The third kappa shape index (κ3) is 2.15. The van der Waals surface area contributed by atoms with Crippen LogP contribution in [0.2, 0.25) is 0 Å². The Balaban J connectivity index is 2.25. The predicted octanol–water partition coefficient (Wildman–Crippen LogP) is 2.29. The van der Waals surface area contributed by atoms with Crippen molar-refractivity contribution < 1.29 is 4.52 Å². The first-order chi connectivity index (χ1) is 7.99. The van der Waals surface area contributed by atoms with Gasteiger partial charge in [-0.3, -0.25) is 4.68 Å². The van der Waals surface area contributed by atoms with Crippen LogP contribution in [0.5, 0.6) is 0 Å². The van der Waals surface area contributed by atoms with Crippen molar-refractivity contribution in [3.8, 4) is 0 Å². The van der Waals surface area contributed by atoms with Crippen molar-refractivity contribution in [1.29, 1.82) is 0 Å². The predicted molar refractivity (Wildman–Crippen MR) is 64.4 cm³/mol. The summed E-state index contributed by atoms with van der Waals surface area (Å²) in [5, 5.41) is 11.3. The Morgan fingerprint density at radius 1 is 1.29 bits per heavy atom. The van der Waals surface area contributed by atoms with Crippen LogP contribution in [0, 0.1) is 13.8 Å². The first kappa shape index (κ1) is 11.6. The summed E-state index contributed by atoms with van der Waals surface area (Å²) in [5.74, 6) is 0.956. The van der Waals surface area contributed by atoms with E-state index in [9.17, 15) is 0 Å². The molecule has 2 rings (SSSR count). The molecule has 2 aromatic rings. The molecule has 2 heterocycles. The summed E-state index contributed by atoms with van der Waals surface area (Å²) in [6.07, 6.45) is 0. The topological polar surface area (TPSA) is 68.8 Å². The molecule has 0 bridgehead atoms. The number of anilines is 2. The third-order valence-electron chi connectivity index (χ3n) is 2.70. The number of aryl methyl sites for hydroxylation is 2. The first-order valence-corrected chi connectivity index (χ1v) is 5.60. The maximum absolute atomic E-state index is 5.14. The van der Waals surface area contributed by atoms with E-state index in [4.69, 9.17) is 4.52 Å². The summed E-state index contributed by atoms with van der Waals surface area (Å²) in [5.41, 5.74) is 2.87. The molecule has 0 aliphatic rings. The van der Waals surface area contributed by atoms with E-state index in [1.165, 1.54) is 0 Å². The van der Waals surface area contributed by atoms with Gasteiger partial charge in [0.1, 0.15) is 0 Å². The number of rotatable bonds is 3. The zero-order valence-electron chi connectivity index (χ0n) is 10.8. The average Bonchev–Trinajstić information content (AvgIpc) is 2.80. The fourth-order valence-corrected chi connectivity index (χ4v) is 1.58. The van der Waals surface area contributed by atoms with Crippen molar-refractivity contribution >= 4 is 11.7 Å².